The number of hydrogen-bond donors (Lipinski definition) is 1. The molecule has 0 amide bonds. The van der Waals surface area contributed by atoms with Crippen molar-refractivity contribution >= 4 is 11.5 Å². The fourth-order valence-electron chi connectivity index (χ4n) is 4.46. The molecule has 5 rings (SSSR count). The highest BCUT2D eigenvalue weighted by molar-refractivity contribution is 5.84. The van der Waals surface area contributed by atoms with E-state index in [1.54, 1.807) is 0 Å². The first-order valence-electron chi connectivity index (χ1n) is 8.81. The van der Waals surface area contributed by atoms with E-state index in [-0.39, 0.29) is 12.0 Å². The Labute approximate surface area is 143 Å². The van der Waals surface area contributed by atoms with Crippen molar-refractivity contribution in [1.29, 1.82) is 0 Å². The van der Waals surface area contributed by atoms with Gasteiger partial charge >= 0.3 is 0 Å². The van der Waals surface area contributed by atoms with Gasteiger partial charge in [0.1, 0.15) is 5.78 Å². The quantitative estimate of drug-likeness (QED) is 0.873. The molecule has 3 nitrogen and oxygen atoms in total. The fourth-order valence-corrected chi connectivity index (χ4v) is 4.46. The lowest BCUT2D eigenvalue weighted by Crippen LogP contribution is -2.53. The highest BCUT2D eigenvalue weighted by atomic mass is 16.1. The molecule has 3 fully saturated rings. The summed E-state index contributed by atoms with van der Waals surface area (Å²) in [6, 6.07) is 17.3. The monoisotopic (exact) mass is 320 g/mol. The molecule has 2 saturated heterocycles. The number of aryl methyl sites for hydroxylation is 1. The molecule has 2 bridgehead atoms. The Balaban J connectivity index is 1.69. The zero-order valence-electron chi connectivity index (χ0n) is 14.1. The third-order valence-electron chi connectivity index (χ3n) is 5.59. The number of hydrogen-bond acceptors (Lipinski definition) is 3. The summed E-state index contributed by atoms with van der Waals surface area (Å²) in [6.07, 6.45) is 2.86. The molecular formula is C21H24N2O. The number of anilines is 1. The van der Waals surface area contributed by atoms with Crippen molar-refractivity contribution in [2.45, 2.75) is 44.8 Å². The van der Waals surface area contributed by atoms with Gasteiger partial charge in [0.15, 0.2) is 0 Å². The zero-order chi connectivity index (χ0) is 16.7. The predicted molar refractivity (Wildman–Crippen MR) is 96.5 cm³/mol. The standard InChI is InChI=1S/C21H24N2O/c1-14-3-2-4-15(11-14)13-23-18-9-10-19(20(24)12-18)21(23)16-5-7-17(22)8-6-16/h2-8,11,18-19,21H,9-10,12-13,22H2,1H3. The van der Waals surface area contributed by atoms with Crippen molar-refractivity contribution < 1.29 is 4.79 Å². The first-order valence-corrected chi connectivity index (χ1v) is 8.81. The third kappa shape index (κ3) is 2.73. The predicted octanol–water partition coefficient (Wildman–Crippen LogP) is 3.87. The number of fused-ring (bicyclic) bond motifs is 3. The van der Waals surface area contributed by atoms with E-state index < -0.39 is 0 Å². The summed E-state index contributed by atoms with van der Waals surface area (Å²) in [5.74, 6) is 0.567. The molecule has 1 aliphatic carbocycles. The molecule has 3 aliphatic rings. The molecule has 3 unspecified atom stereocenters. The fraction of sp³-hybridized carbons (Fsp3) is 0.381. The molecule has 24 heavy (non-hydrogen) atoms. The maximum atomic E-state index is 12.5. The Bertz CT molecular complexity index is 753. The molecule has 0 spiro atoms. The van der Waals surface area contributed by atoms with Crippen LogP contribution >= 0.6 is 0 Å². The molecule has 3 heteroatoms. The molecule has 1 saturated carbocycles. The number of nitrogens with zero attached hydrogens (tertiary/aromatic N) is 1. The molecular weight excluding hydrogens is 296 g/mol. The van der Waals surface area contributed by atoms with Crippen molar-refractivity contribution in [2.75, 3.05) is 5.73 Å². The second-order valence-corrected chi connectivity index (χ2v) is 7.28. The van der Waals surface area contributed by atoms with Gasteiger partial charge in [0, 0.05) is 36.7 Å². The summed E-state index contributed by atoms with van der Waals surface area (Å²) in [4.78, 5) is 15.1. The van der Waals surface area contributed by atoms with Gasteiger partial charge in [-0.1, -0.05) is 42.0 Å². The summed E-state index contributed by atoms with van der Waals surface area (Å²) >= 11 is 0. The van der Waals surface area contributed by atoms with Crippen LogP contribution in [0.5, 0.6) is 0 Å². The Morgan fingerprint density at radius 3 is 2.62 bits per heavy atom. The second kappa shape index (κ2) is 6.06. The Morgan fingerprint density at radius 2 is 1.92 bits per heavy atom. The number of carbonyl (C=O) groups excluding carboxylic acids is 1. The van der Waals surface area contributed by atoms with E-state index in [1.165, 1.54) is 16.7 Å². The maximum Gasteiger partial charge on any atom is 0.139 e. The normalized spacial score (nSPS) is 26.7. The number of benzene rings is 2. The molecule has 2 aliphatic heterocycles. The van der Waals surface area contributed by atoms with Crippen LogP contribution in [-0.4, -0.2) is 16.7 Å². The van der Waals surface area contributed by atoms with Crippen molar-refractivity contribution in [3.63, 3.8) is 0 Å². The van der Waals surface area contributed by atoms with Crippen LogP contribution in [0.3, 0.4) is 0 Å². The maximum absolute atomic E-state index is 12.5. The van der Waals surface area contributed by atoms with Crippen LogP contribution in [-0.2, 0) is 11.3 Å². The first-order chi connectivity index (χ1) is 11.6. The van der Waals surface area contributed by atoms with E-state index in [4.69, 9.17) is 5.73 Å². The number of Topliss-reactive ketones (excluding diaryl/α,β-unsaturated/α-hetero) is 1. The van der Waals surface area contributed by atoms with Gasteiger partial charge in [-0.05, 0) is 43.0 Å². The van der Waals surface area contributed by atoms with Gasteiger partial charge in [-0.15, -0.1) is 0 Å². The van der Waals surface area contributed by atoms with Crippen molar-refractivity contribution in [2.24, 2.45) is 5.92 Å². The Kier molecular flexibility index (Phi) is 3.89. The minimum atomic E-state index is 0.128. The lowest BCUT2D eigenvalue weighted by Gasteiger charge is -2.51. The third-order valence-corrected chi connectivity index (χ3v) is 5.59. The number of nitrogen functional groups attached to an aromatic ring is 1. The number of rotatable bonds is 3. The number of carbonyl (C=O) groups is 1. The van der Waals surface area contributed by atoms with Gasteiger partial charge < -0.3 is 5.73 Å². The first kappa shape index (κ1) is 15.4. The number of ketones is 1. The molecule has 3 atom stereocenters. The van der Waals surface area contributed by atoms with Crippen LogP contribution in [0.2, 0.25) is 0 Å². The van der Waals surface area contributed by atoms with Crippen molar-refractivity contribution in [1.82, 2.24) is 4.90 Å². The van der Waals surface area contributed by atoms with Crippen molar-refractivity contribution in [3.05, 3.63) is 65.2 Å². The highest BCUT2D eigenvalue weighted by Gasteiger charge is 2.46. The summed E-state index contributed by atoms with van der Waals surface area (Å²) in [7, 11) is 0. The molecule has 2 N–H and O–H groups in total. The van der Waals surface area contributed by atoms with Crippen LogP contribution in [0.1, 0.15) is 42.0 Å². The summed E-state index contributed by atoms with van der Waals surface area (Å²) in [6.45, 7) is 3.04. The lowest BCUT2D eigenvalue weighted by molar-refractivity contribution is -0.138. The molecule has 0 aromatic heterocycles. The van der Waals surface area contributed by atoms with E-state index in [0.717, 1.165) is 25.1 Å². The zero-order valence-corrected chi connectivity index (χ0v) is 14.1. The van der Waals surface area contributed by atoms with E-state index in [0.29, 0.717) is 18.2 Å². The minimum absolute atomic E-state index is 0.128. The van der Waals surface area contributed by atoms with Crippen LogP contribution in [0.4, 0.5) is 5.69 Å². The Morgan fingerprint density at radius 1 is 1.12 bits per heavy atom. The van der Waals surface area contributed by atoms with Crippen molar-refractivity contribution in [3.8, 4) is 0 Å². The van der Waals surface area contributed by atoms with E-state index in [9.17, 15) is 4.79 Å². The largest absolute Gasteiger partial charge is 0.399 e. The van der Waals surface area contributed by atoms with Crippen LogP contribution in [0.25, 0.3) is 0 Å². The summed E-state index contributed by atoms with van der Waals surface area (Å²) in [5.41, 5.74) is 10.5. The lowest BCUT2D eigenvalue weighted by atomic mass is 9.71. The number of nitrogens with two attached hydrogens (primary N) is 1. The van der Waals surface area contributed by atoms with Gasteiger partial charge in [-0.2, -0.15) is 0 Å². The highest BCUT2D eigenvalue weighted by Crippen LogP contribution is 2.46. The summed E-state index contributed by atoms with van der Waals surface area (Å²) in [5, 5.41) is 0. The van der Waals surface area contributed by atoms with Gasteiger partial charge in [0.25, 0.3) is 0 Å². The van der Waals surface area contributed by atoms with E-state index in [2.05, 4.69) is 48.2 Å². The molecule has 2 aromatic carbocycles. The van der Waals surface area contributed by atoms with Gasteiger partial charge in [-0.3, -0.25) is 9.69 Å². The van der Waals surface area contributed by atoms with E-state index in [1.807, 2.05) is 12.1 Å². The van der Waals surface area contributed by atoms with Crippen LogP contribution in [0, 0.1) is 12.8 Å². The topological polar surface area (TPSA) is 46.3 Å². The van der Waals surface area contributed by atoms with Crippen LogP contribution in [0.15, 0.2) is 48.5 Å². The number of piperidine rings is 2. The van der Waals surface area contributed by atoms with Gasteiger partial charge in [0.2, 0.25) is 0 Å². The molecule has 2 heterocycles. The van der Waals surface area contributed by atoms with Gasteiger partial charge in [0.05, 0.1) is 0 Å². The second-order valence-electron chi connectivity index (χ2n) is 7.28. The van der Waals surface area contributed by atoms with Gasteiger partial charge in [-0.25, -0.2) is 0 Å². The molecule has 0 radical (unpaired) electrons. The minimum Gasteiger partial charge on any atom is -0.399 e. The average Bonchev–Trinajstić information content (AvgIpc) is 2.57. The molecule has 124 valence electrons. The smallest absolute Gasteiger partial charge is 0.139 e. The Hall–Kier alpha value is -2.13. The average molecular weight is 320 g/mol. The van der Waals surface area contributed by atoms with Crippen LogP contribution < -0.4 is 5.73 Å². The SMILES string of the molecule is Cc1cccc(CN2C3CCC(C(=O)C3)C2c2ccc(N)cc2)c1. The van der Waals surface area contributed by atoms with E-state index >= 15 is 0 Å². The molecule has 2 aromatic rings. The summed E-state index contributed by atoms with van der Waals surface area (Å²) < 4.78 is 0.